The molecule has 0 radical (unpaired) electrons. The Morgan fingerprint density at radius 3 is 1.25 bits per heavy atom. The second-order valence-corrected chi connectivity index (χ2v) is 34.6. The van der Waals surface area contributed by atoms with Crippen LogP contribution < -0.4 is 30.2 Å². The molecule has 12 nitrogen and oxygen atoms in total. The molecule has 2 saturated heterocycles. The molecule has 0 saturated carbocycles. The third-order valence-corrected chi connectivity index (χ3v) is 26.3. The van der Waals surface area contributed by atoms with Crippen LogP contribution in [0.4, 0.5) is 0 Å². The van der Waals surface area contributed by atoms with Crippen LogP contribution in [0.1, 0.15) is 120 Å². The van der Waals surface area contributed by atoms with Crippen LogP contribution in [-0.2, 0) is 50.5 Å². The molecule has 0 aromatic heterocycles. The van der Waals surface area contributed by atoms with Crippen molar-refractivity contribution in [1.29, 1.82) is 0 Å². The molecule has 0 bridgehead atoms. The number of aliphatic hydroxyl groups excluding tert-OH is 2. The first-order chi connectivity index (χ1) is 41.9. The number of rotatable bonds is 26. The Balaban J connectivity index is 0.000000251. The van der Waals surface area contributed by atoms with Gasteiger partial charge in [-0.15, -0.1) is 0 Å². The molecule has 14 heteroatoms. The maximum atomic E-state index is 11.2. The molecule has 8 atom stereocenters. The van der Waals surface area contributed by atoms with Crippen molar-refractivity contribution in [3.8, 4) is 23.3 Å². The van der Waals surface area contributed by atoms with Gasteiger partial charge in [0, 0.05) is 19.6 Å². The Morgan fingerprint density at radius 2 is 0.875 bits per heavy atom. The van der Waals surface area contributed by atoms with Gasteiger partial charge in [-0.05, 0) is 127 Å². The van der Waals surface area contributed by atoms with Crippen molar-refractivity contribution >= 4 is 37.4 Å². The topological polar surface area (TPSA) is 133 Å². The summed E-state index contributed by atoms with van der Waals surface area (Å²) in [5, 5.41) is 27.0. The summed E-state index contributed by atoms with van der Waals surface area (Å²) in [4.78, 5) is 0. The number of aliphatic hydroxyl groups is 2. The average molecular weight is 1240 g/mol. The minimum Gasteiger partial charge on any atom is -0.497 e. The number of methoxy groups -OCH3 is 2. The minimum atomic E-state index is -2.68. The van der Waals surface area contributed by atoms with Gasteiger partial charge in [0.25, 0.3) is 16.6 Å². The van der Waals surface area contributed by atoms with Crippen LogP contribution in [-0.4, -0.2) is 115 Å². The highest BCUT2D eigenvalue weighted by atomic mass is 28.4. The van der Waals surface area contributed by atoms with E-state index in [0.29, 0.717) is 52.1 Å². The molecule has 2 aliphatic heterocycles. The van der Waals surface area contributed by atoms with Gasteiger partial charge in [0.05, 0.1) is 51.8 Å². The number of benzene rings is 6. The summed E-state index contributed by atoms with van der Waals surface area (Å²) in [7, 11) is -2.05. The molecule has 2 fully saturated rings. The molecular weight excluding hydrogens is 1140 g/mol. The summed E-state index contributed by atoms with van der Waals surface area (Å²) in [6.45, 7) is 27.1. The SMILES string of the molecule is COc1ccc(CO[C@@H](C)C/C=C\C(O)C2OC(C)(C)O[C@H]2CCO[Si](c2ccccc2)(c2ccccc2)C(C)(C)C)cc1.COc1ccc(CO[C@@H](C)CC#CC(O)C2OC(C)(C)O[C@H]2CCO[Si](c2ccccc2)(c2ccccc2)C(C)(C)C)cc1. The monoisotopic (exact) mass is 1230 g/mol. The Kier molecular flexibility index (Phi) is 25.2. The molecule has 0 amide bonds. The first-order valence-electron chi connectivity index (χ1n) is 31.1. The third-order valence-electron chi connectivity index (χ3n) is 16.2. The van der Waals surface area contributed by atoms with Crippen molar-refractivity contribution in [3.63, 3.8) is 0 Å². The lowest BCUT2D eigenvalue weighted by molar-refractivity contribution is -0.153. The zero-order chi connectivity index (χ0) is 63.6. The molecule has 2 N–H and O–H groups in total. The molecule has 8 rings (SSSR count). The van der Waals surface area contributed by atoms with Crippen LogP contribution in [0.5, 0.6) is 11.5 Å². The van der Waals surface area contributed by atoms with E-state index in [9.17, 15) is 10.2 Å². The van der Waals surface area contributed by atoms with Gasteiger partial charge in [0.2, 0.25) is 0 Å². The highest BCUT2D eigenvalue weighted by molar-refractivity contribution is 7.00. The van der Waals surface area contributed by atoms with E-state index >= 15 is 0 Å². The van der Waals surface area contributed by atoms with E-state index in [2.05, 4.69) is 163 Å². The van der Waals surface area contributed by atoms with Gasteiger partial charge >= 0.3 is 0 Å². The summed E-state index contributed by atoms with van der Waals surface area (Å²) in [5.41, 5.74) is 2.15. The maximum Gasteiger partial charge on any atom is 0.261 e. The summed E-state index contributed by atoms with van der Waals surface area (Å²) in [5.74, 6) is 6.11. The van der Waals surface area contributed by atoms with Crippen LogP contribution >= 0.6 is 0 Å². The van der Waals surface area contributed by atoms with E-state index in [1.165, 1.54) is 20.7 Å². The first-order valence-corrected chi connectivity index (χ1v) is 34.9. The van der Waals surface area contributed by atoms with E-state index in [1.807, 2.05) is 108 Å². The van der Waals surface area contributed by atoms with Gasteiger partial charge < -0.3 is 57.0 Å². The van der Waals surface area contributed by atoms with Crippen molar-refractivity contribution in [2.75, 3.05) is 27.4 Å². The second-order valence-electron chi connectivity index (χ2n) is 25.9. The van der Waals surface area contributed by atoms with Crippen LogP contribution in [0.15, 0.2) is 182 Å². The predicted molar refractivity (Wildman–Crippen MR) is 357 cm³/mol. The van der Waals surface area contributed by atoms with Gasteiger partial charge in [-0.25, -0.2) is 0 Å². The molecule has 2 heterocycles. The first kappa shape index (κ1) is 69.7. The minimum absolute atomic E-state index is 0.00612. The fourth-order valence-corrected chi connectivity index (χ4v) is 21.0. The summed E-state index contributed by atoms with van der Waals surface area (Å²) < 4.78 is 61.5. The van der Waals surface area contributed by atoms with E-state index < -0.39 is 52.6 Å². The van der Waals surface area contributed by atoms with Crippen LogP contribution in [0.2, 0.25) is 10.1 Å². The molecular formula is C74H98O12Si2. The molecule has 474 valence electrons. The Hall–Kier alpha value is -5.75. The molecule has 6 aromatic carbocycles. The van der Waals surface area contributed by atoms with Gasteiger partial charge in [0.1, 0.15) is 35.9 Å². The Morgan fingerprint density at radius 1 is 0.511 bits per heavy atom. The van der Waals surface area contributed by atoms with Crippen molar-refractivity contribution in [3.05, 3.63) is 193 Å². The van der Waals surface area contributed by atoms with Gasteiger partial charge in [0.15, 0.2) is 11.6 Å². The summed E-state index contributed by atoms with van der Waals surface area (Å²) in [6, 6.07) is 58.1. The summed E-state index contributed by atoms with van der Waals surface area (Å²) in [6.07, 6.45) is 2.43. The van der Waals surface area contributed by atoms with Crippen molar-refractivity contribution < 1.29 is 57.0 Å². The third kappa shape index (κ3) is 18.7. The Bertz CT molecular complexity index is 3000. The van der Waals surface area contributed by atoms with Crippen molar-refractivity contribution in [2.45, 2.75) is 192 Å². The lowest BCUT2D eigenvalue weighted by atomic mass is 10.0. The van der Waals surface area contributed by atoms with Gasteiger partial charge in [-0.1, -0.05) is 211 Å². The quantitative estimate of drug-likeness (QED) is 0.0304. The van der Waals surface area contributed by atoms with E-state index in [1.54, 1.807) is 20.3 Å². The van der Waals surface area contributed by atoms with E-state index in [-0.39, 0.29) is 34.5 Å². The smallest absolute Gasteiger partial charge is 0.261 e. The van der Waals surface area contributed by atoms with Crippen molar-refractivity contribution in [1.82, 2.24) is 0 Å². The molecule has 88 heavy (non-hydrogen) atoms. The van der Waals surface area contributed by atoms with Crippen LogP contribution in [0.25, 0.3) is 0 Å². The molecule has 4 unspecified atom stereocenters. The molecule has 2 aliphatic rings. The lowest BCUT2D eigenvalue weighted by Crippen LogP contribution is -2.66. The average Bonchev–Trinajstić information content (AvgIpc) is 1.27. The van der Waals surface area contributed by atoms with Gasteiger partial charge in [-0.3, -0.25) is 0 Å². The van der Waals surface area contributed by atoms with Crippen LogP contribution in [0, 0.1) is 11.8 Å². The number of hydrogen-bond acceptors (Lipinski definition) is 12. The lowest BCUT2D eigenvalue weighted by Gasteiger charge is -2.43. The maximum absolute atomic E-state index is 11.2. The molecule has 0 aliphatic carbocycles. The van der Waals surface area contributed by atoms with E-state index in [4.69, 9.17) is 46.7 Å². The standard InChI is InChI=1S/C37H50O6Si.C37H48O6Si/c2*1-28(40-27-29-21-23-30(39-7)24-22-29)15-14-20-33(38)35-34(42-37(5,6)43-35)25-26-41-44(36(2,3)4,31-16-10-8-11-17-31)32-18-12-9-13-19-32/h8-14,16-24,28,33-35,38H,15,25-27H2,1-7H3;8-13,16-19,21-24,28,33-35,38H,15,25-27H2,1-7H3/b20-14-;/t2*28-,33?,34-,35?/m00/s1. The number of ether oxygens (including phenoxy) is 8. The largest absolute Gasteiger partial charge is 0.497 e. The zero-order valence-corrected chi connectivity index (χ0v) is 56.6. The van der Waals surface area contributed by atoms with Crippen LogP contribution in [0.3, 0.4) is 0 Å². The second kappa shape index (κ2) is 31.8. The summed E-state index contributed by atoms with van der Waals surface area (Å²) >= 11 is 0. The van der Waals surface area contributed by atoms with Crippen molar-refractivity contribution in [2.24, 2.45) is 0 Å². The highest BCUT2D eigenvalue weighted by Gasteiger charge is 2.53. The molecule has 0 spiro atoms. The predicted octanol–water partition coefficient (Wildman–Crippen LogP) is 12.2. The zero-order valence-electron chi connectivity index (χ0n) is 54.6. The van der Waals surface area contributed by atoms with E-state index in [0.717, 1.165) is 22.6 Å². The number of hydrogen-bond donors (Lipinski definition) is 2. The Labute approximate surface area is 528 Å². The van der Waals surface area contributed by atoms with Gasteiger partial charge in [-0.2, -0.15) is 0 Å². The fourth-order valence-electron chi connectivity index (χ4n) is 11.9. The normalized spacial score (nSPS) is 19.8. The fraction of sp³-hybridized carbons (Fsp3) is 0.459. The highest BCUT2D eigenvalue weighted by Crippen LogP contribution is 2.40. The molecule has 6 aromatic rings.